The number of carbonyl (C=O) groups is 1. The molecule has 0 aliphatic heterocycles. The van der Waals surface area contributed by atoms with Crippen LogP contribution in [0, 0.1) is 0 Å². The largest absolute Gasteiger partial charge is 0.477 e. The average molecular weight is 257 g/mol. The highest BCUT2D eigenvalue weighted by Gasteiger charge is 2.08. The Hall–Kier alpha value is -2.27. The van der Waals surface area contributed by atoms with Crippen molar-refractivity contribution >= 4 is 5.97 Å². The van der Waals surface area contributed by atoms with Crippen LogP contribution in [0.4, 0.5) is 0 Å². The summed E-state index contributed by atoms with van der Waals surface area (Å²) in [5.74, 6) is -1.01. The Morgan fingerprint density at radius 1 is 1.32 bits per heavy atom. The van der Waals surface area contributed by atoms with Gasteiger partial charge in [-0.1, -0.05) is 12.1 Å². The molecule has 1 unspecified atom stereocenters. The minimum atomic E-state index is -1.01. The summed E-state index contributed by atoms with van der Waals surface area (Å²) in [5.41, 5.74) is 1.70. The van der Waals surface area contributed by atoms with E-state index >= 15 is 0 Å². The highest BCUT2D eigenvalue weighted by molar-refractivity contribution is 5.85. The van der Waals surface area contributed by atoms with Crippen LogP contribution in [0.15, 0.2) is 42.6 Å². The number of pyridine rings is 2. The predicted molar refractivity (Wildman–Crippen MR) is 70.7 cm³/mol. The minimum absolute atomic E-state index is 0.0600. The summed E-state index contributed by atoms with van der Waals surface area (Å²) < 4.78 is 0. The minimum Gasteiger partial charge on any atom is -0.477 e. The Bertz CT molecular complexity index is 558. The van der Waals surface area contributed by atoms with Gasteiger partial charge in [0.25, 0.3) is 0 Å². The second kappa shape index (κ2) is 6.06. The van der Waals surface area contributed by atoms with E-state index in [1.165, 1.54) is 6.07 Å². The smallest absolute Gasteiger partial charge is 0.354 e. The molecular weight excluding hydrogens is 242 g/mol. The number of hydrogen-bond acceptors (Lipinski definition) is 4. The van der Waals surface area contributed by atoms with Gasteiger partial charge in [-0.2, -0.15) is 0 Å². The maximum absolute atomic E-state index is 10.8. The second-order valence-electron chi connectivity index (χ2n) is 4.18. The maximum atomic E-state index is 10.8. The zero-order valence-electron chi connectivity index (χ0n) is 10.6. The van der Waals surface area contributed by atoms with Crippen molar-refractivity contribution in [2.45, 2.75) is 19.5 Å². The van der Waals surface area contributed by atoms with E-state index in [1.54, 1.807) is 18.3 Å². The lowest BCUT2D eigenvalue weighted by Gasteiger charge is -2.12. The Balaban J connectivity index is 1.99. The third-order valence-electron chi connectivity index (χ3n) is 2.75. The first-order chi connectivity index (χ1) is 9.16. The van der Waals surface area contributed by atoms with E-state index in [2.05, 4.69) is 15.3 Å². The molecule has 0 aromatic carbocycles. The lowest BCUT2D eigenvalue weighted by molar-refractivity contribution is 0.0690. The van der Waals surface area contributed by atoms with E-state index in [4.69, 9.17) is 5.11 Å². The number of aromatic carboxylic acids is 1. The molecule has 0 bridgehead atoms. The average Bonchev–Trinajstić information content (AvgIpc) is 2.46. The maximum Gasteiger partial charge on any atom is 0.354 e. The van der Waals surface area contributed by atoms with Crippen molar-refractivity contribution in [1.29, 1.82) is 0 Å². The molecule has 2 aromatic heterocycles. The normalized spacial score (nSPS) is 12.1. The van der Waals surface area contributed by atoms with Gasteiger partial charge < -0.3 is 10.4 Å². The monoisotopic (exact) mass is 257 g/mol. The molecule has 2 N–H and O–H groups in total. The first-order valence-electron chi connectivity index (χ1n) is 6.00. The summed E-state index contributed by atoms with van der Waals surface area (Å²) in [5, 5.41) is 12.1. The summed E-state index contributed by atoms with van der Waals surface area (Å²) in [6.07, 6.45) is 1.75. The first-order valence-corrected chi connectivity index (χ1v) is 6.00. The van der Waals surface area contributed by atoms with Crippen molar-refractivity contribution in [2.75, 3.05) is 0 Å². The van der Waals surface area contributed by atoms with E-state index in [9.17, 15) is 4.79 Å². The van der Waals surface area contributed by atoms with Crippen LogP contribution in [0.5, 0.6) is 0 Å². The van der Waals surface area contributed by atoms with Crippen LogP contribution in [0.2, 0.25) is 0 Å². The van der Waals surface area contributed by atoms with Crippen molar-refractivity contribution in [3.63, 3.8) is 0 Å². The van der Waals surface area contributed by atoms with Gasteiger partial charge in [-0.25, -0.2) is 9.78 Å². The molecule has 0 aliphatic carbocycles. The summed E-state index contributed by atoms with van der Waals surface area (Å²) in [6.45, 7) is 2.50. The van der Waals surface area contributed by atoms with E-state index in [1.807, 2.05) is 25.1 Å². The summed E-state index contributed by atoms with van der Waals surface area (Å²) in [6, 6.07) is 10.8. The number of hydrogen-bond donors (Lipinski definition) is 2. The van der Waals surface area contributed by atoms with E-state index < -0.39 is 5.97 Å². The molecule has 0 spiro atoms. The number of carboxylic acids is 1. The molecule has 98 valence electrons. The van der Waals surface area contributed by atoms with Crippen LogP contribution >= 0.6 is 0 Å². The van der Waals surface area contributed by atoms with Gasteiger partial charge in [0.15, 0.2) is 0 Å². The molecular formula is C14H15N3O2. The number of aromatic nitrogens is 2. The van der Waals surface area contributed by atoms with Crippen LogP contribution in [-0.4, -0.2) is 21.0 Å². The topological polar surface area (TPSA) is 75.1 Å². The number of nitrogens with zero attached hydrogens (tertiary/aromatic N) is 2. The standard InChI is InChI=1S/C14H15N3O2/c1-10(12-6-2-3-8-15-12)16-9-11-5-4-7-13(17-11)14(18)19/h2-8,10,16H,9H2,1H3,(H,18,19). The van der Waals surface area contributed by atoms with Crippen LogP contribution in [0.3, 0.4) is 0 Å². The molecule has 0 aliphatic rings. The third kappa shape index (κ3) is 3.59. The van der Waals surface area contributed by atoms with Crippen molar-refractivity contribution < 1.29 is 9.90 Å². The van der Waals surface area contributed by atoms with Gasteiger partial charge in [0.05, 0.1) is 11.4 Å². The number of nitrogens with one attached hydrogen (secondary N) is 1. The van der Waals surface area contributed by atoms with Crippen LogP contribution < -0.4 is 5.32 Å². The molecule has 19 heavy (non-hydrogen) atoms. The lowest BCUT2D eigenvalue weighted by Crippen LogP contribution is -2.20. The Morgan fingerprint density at radius 2 is 2.16 bits per heavy atom. The SMILES string of the molecule is CC(NCc1cccc(C(=O)O)n1)c1ccccn1. The number of rotatable bonds is 5. The Kier molecular flexibility index (Phi) is 4.20. The highest BCUT2D eigenvalue weighted by Crippen LogP contribution is 2.09. The zero-order valence-corrected chi connectivity index (χ0v) is 10.6. The molecule has 0 radical (unpaired) electrons. The van der Waals surface area contributed by atoms with Crippen LogP contribution in [0.25, 0.3) is 0 Å². The molecule has 2 heterocycles. The fourth-order valence-corrected chi connectivity index (χ4v) is 1.69. The predicted octanol–water partition coefficient (Wildman–Crippen LogP) is 2.03. The molecule has 0 saturated carbocycles. The van der Waals surface area contributed by atoms with Gasteiger partial charge in [0.2, 0.25) is 0 Å². The zero-order chi connectivity index (χ0) is 13.7. The van der Waals surface area contributed by atoms with Gasteiger partial charge in [0.1, 0.15) is 5.69 Å². The molecule has 2 rings (SSSR count). The fourth-order valence-electron chi connectivity index (χ4n) is 1.69. The Morgan fingerprint density at radius 3 is 2.84 bits per heavy atom. The van der Waals surface area contributed by atoms with E-state index in [-0.39, 0.29) is 11.7 Å². The van der Waals surface area contributed by atoms with Crippen molar-refractivity contribution in [3.8, 4) is 0 Å². The molecule has 2 aromatic rings. The molecule has 0 saturated heterocycles. The van der Waals surface area contributed by atoms with Gasteiger partial charge in [-0.3, -0.25) is 4.98 Å². The summed E-state index contributed by atoms with van der Waals surface area (Å²) in [4.78, 5) is 19.1. The number of carboxylic acid groups (broad SMARTS) is 1. The summed E-state index contributed by atoms with van der Waals surface area (Å²) >= 11 is 0. The molecule has 1 atom stereocenters. The molecule has 5 heteroatoms. The van der Waals surface area contributed by atoms with Crippen molar-refractivity contribution in [3.05, 3.63) is 59.7 Å². The van der Waals surface area contributed by atoms with Crippen molar-refractivity contribution in [2.24, 2.45) is 0 Å². The third-order valence-corrected chi connectivity index (χ3v) is 2.75. The van der Waals surface area contributed by atoms with Gasteiger partial charge in [0, 0.05) is 18.8 Å². The lowest BCUT2D eigenvalue weighted by atomic mass is 10.2. The van der Waals surface area contributed by atoms with Crippen LogP contribution in [0.1, 0.15) is 34.8 Å². The first kappa shape index (κ1) is 13.2. The van der Waals surface area contributed by atoms with Gasteiger partial charge in [-0.15, -0.1) is 0 Å². The second-order valence-corrected chi connectivity index (χ2v) is 4.18. The quantitative estimate of drug-likeness (QED) is 0.857. The highest BCUT2D eigenvalue weighted by atomic mass is 16.4. The van der Waals surface area contributed by atoms with E-state index in [0.717, 1.165) is 5.69 Å². The van der Waals surface area contributed by atoms with Gasteiger partial charge >= 0.3 is 5.97 Å². The van der Waals surface area contributed by atoms with Crippen molar-refractivity contribution in [1.82, 2.24) is 15.3 Å². The molecule has 0 amide bonds. The summed E-state index contributed by atoms with van der Waals surface area (Å²) in [7, 11) is 0. The van der Waals surface area contributed by atoms with Crippen LogP contribution in [-0.2, 0) is 6.54 Å². The van der Waals surface area contributed by atoms with Gasteiger partial charge in [-0.05, 0) is 31.2 Å². The molecule has 0 fully saturated rings. The fraction of sp³-hybridized carbons (Fsp3) is 0.214. The van der Waals surface area contributed by atoms with E-state index in [0.29, 0.717) is 12.2 Å². The molecule has 5 nitrogen and oxygen atoms in total. The Labute approximate surface area is 111 Å².